The lowest BCUT2D eigenvalue weighted by Gasteiger charge is -2.10. The Hall–Kier alpha value is -1.62. The molecule has 0 atom stereocenters. The van der Waals surface area contributed by atoms with Gasteiger partial charge in [0.2, 0.25) is 0 Å². The number of halogens is 1. The van der Waals surface area contributed by atoms with E-state index < -0.39 is 0 Å². The molecule has 0 aromatic heterocycles. The van der Waals surface area contributed by atoms with Crippen LogP contribution in [-0.4, -0.2) is 44.7 Å². The number of rotatable bonds is 7. The highest BCUT2D eigenvalue weighted by Crippen LogP contribution is 2.05. The van der Waals surface area contributed by atoms with Gasteiger partial charge in [0, 0.05) is 13.1 Å². The third-order valence-corrected chi connectivity index (χ3v) is 2.71. The van der Waals surface area contributed by atoms with Gasteiger partial charge in [-0.05, 0) is 45.1 Å². The standard InChI is InChI=1S/C14H22FN3O/c1-18(2)11-5-9-16-14(19)17-10-8-12-6-3-4-7-13(12)15/h3-4,6-7H,5,8-11H2,1-2H3,(H2,16,17,19). The van der Waals surface area contributed by atoms with Crippen LogP contribution in [0.1, 0.15) is 12.0 Å². The second kappa shape index (κ2) is 8.48. The summed E-state index contributed by atoms with van der Waals surface area (Å²) < 4.78 is 13.3. The monoisotopic (exact) mass is 267 g/mol. The summed E-state index contributed by atoms with van der Waals surface area (Å²) in [5.41, 5.74) is 0.621. The van der Waals surface area contributed by atoms with Crippen molar-refractivity contribution in [2.24, 2.45) is 0 Å². The number of amides is 2. The van der Waals surface area contributed by atoms with Gasteiger partial charge >= 0.3 is 6.03 Å². The van der Waals surface area contributed by atoms with Gasteiger partial charge in [0.1, 0.15) is 5.82 Å². The molecule has 4 nitrogen and oxygen atoms in total. The van der Waals surface area contributed by atoms with Gasteiger partial charge in [-0.15, -0.1) is 0 Å². The van der Waals surface area contributed by atoms with Gasteiger partial charge in [-0.25, -0.2) is 9.18 Å². The lowest BCUT2D eigenvalue weighted by atomic mass is 10.1. The fourth-order valence-electron chi connectivity index (χ4n) is 1.67. The zero-order chi connectivity index (χ0) is 14.1. The van der Waals surface area contributed by atoms with Crippen molar-refractivity contribution in [3.63, 3.8) is 0 Å². The Kier molecular flexibility index (Phi) is 6.89. The fourth-order valence-corrected chi connectivity index (χ4v) is 1.67. The van der Waals surface area contributed by atoms with E-state index in [1.165, 1.54) is 6.07 Å². The first-order valence-electron chi connectivity index (χ1n) is 6.49. The number of hydrogen-bond donors (Lipinski definition) is 2. The first kappa shape index (κ1) is 15.4. The Labute approximate surface area is 114 Å². The fraction of sp³-hybridized carbons (Fsp3) is 0.500. The van der Waals surface area contributed by atoms with E-state index >= 15 is 0 Å². The van der Waals surface area contributed by atoms with E-state index in [2.05, 4.69) is 15.5 Å². The van der Waals surface area contributed by atoms with E-state index in [9.17, 15) is 9.18 Å². The van der Waals surface area contributed by atoms with Crippen molar-refractivity contribution in [1.82, 2.24) is 15.5 Å². The van der Waals surface area contributed by atoms with Crippen molar-refractivity contribution >= 4 is 6.03 Å². The molecular weight excluding hydrogens is 245 g/mol. The average Bonchev–Trinajstić information content (AvgIpc) is 2.37. The summed E-state index contributed by atoms with van der Waals surface area (Å²) in [5.74, 6) is -0.226. The second-order valence-electron chi connectivity index (χ2n) is 4.68. The lowest BCUT2D eigenvalue weighted by Crippen LogP contribution is -2.37. The van der Waals surface area contributed by atoms with Crippen LogP contribution in [0, 0.1) is 5.82 Å². The number of hydrogen-bond acceptors (Lipinski definition) is 2. The van der Waals surface area contributed by atoms with Gasteiger partial charge in [-0.2, -0.15) is 0 Å². The normalized spacial score (nSPS) is 10.5. The summed E-state index contributed by atoms with van der Waals surface area (Å²) >= 11 is 0. The van der Waals surface area contributed by atoms with E-state index in [0.717, 1.165) is 13.0 Å². The zero-order valence-corrected chi connectivity index (χ0v) is 11.6. The number of carbonyl (C=O) groups is 1. The maximum absolute atomic E-state index is 13.3. The highest BCUT2D eigenvalue weighted by molar-refractivity contribution is 5.73. The predicted octanol–water partition coefficient (Wildman–Crippen LogP) is 1.62. The van der Waals surface area contributed by atoms with E-state index in [-0.39, 0.29) is 11.8 Å². The van der Waals surface area contributed by atoms with Gasteiger partial charge in [-0.3, -0.25) is 0 Å². The number of nitrogens with one attached hydrogen (secondary N) is 2. The molecule has 2 N–H and O–H groups in total. The number of urea groups is 1. The average molecular weight is 267 g/mol. The topological polar surface area (TPSA) is 44.4 Å². The highest BCUT2D eigenvalue weighted by Gasteiger charge is 2.02. The molecule has 0 fully saturated rings. The molecule has 0 unspecified atom stereocenters. The molecule has 5 heteroatoms. The molecule has 0 aliphatic heterocycles. The molecule has 0 heterocycles. The van der Waals surface area contributed by atoms with Crippen LogP contribution in [0.25, 0.3) is 0 Å². The summed E-state index contributed by atoms with van der Waals surface area (Å²) in [4.78, 5) is 13.5. The lowest BCUT2D eigenvalue weighted by molar-refractivity contribution is 0.240. The van der Waals surface area contributed by atoms with Gasteiger partial charge in [0.05, 0.1) is 0 Å². The molecule has 0 bridgehead atoms. The van der Waals surface area contributed by atoms with Crippen molar-refractivity contribution in [2.75, 3.05) is 33.7 Å². The molecule has 0 spiro atoms. The van der Waals surface area contributed by atoms with E-state index in [1.54, 1.807) is 18.2 Å². The Balaban J connectivity index is 2.12. The van der Waals surface area contributed by atoms with Crippen LogP contribution in [0.15, 0.2) is 24.3 Å². The summed E-state index contributed by atoms with van der Waals surface area (Å²) in [5, 5.41) is 5.48. The first-order chi connectivity index (χ1) is 9.09. The van der Waals surface area contributed by atoms with Crippen molar-refractivity contribution in [3.05, 3.63) is 35.6 Å². The number of benzene rings is 1. The summed E-state index contributed by atoms with van der Waals surface area (Å²) in [6, 6.07) is 6.40. The largest absolute Gasteiger partial charge is 0.338 e. The summed E-state index contributed by atoms with van der Waals surface area (Å²) in [6.07, 6.45) is 1.41. The molecule has 0 saturated carbocycles. The summed E-state index contributed by atoms with van der Waals surface area (Å²) in [7, 11) is 3.99. The van der Waals surface area contributed by atoms with Crippen molar-refractivity contribution in [2.45, 2.75) is 12.8 Å². The Morgan fingerprint density at radius 2 is 1.89 bits per heavy atom. The summed E-state index contributed by atoms with van der Waals surface area (Å²) in [6.45, 7) is 2.01. The van der Waals surface area contributed by atoms with E-state index in [1.807, 2.05) is 14.1 Å². The van der Waals surface area contributed by atoms with Crippen LogP contribution in [0.4, 0.5) is 9.18 Å². The Bertz CT molecular complexity index is 396. The second-order valence-corrected chi connectivity index (χ2v) is 4.68. The minimum absolute atomic E-state index is 0.199. The van der Waals surface area contributed by atoms with Crippen LogP contribution < -0.4 is 10.6 Å². The van der Waals surface area contributed by atoms with Gasteiger partial charge in [0.25, 0.3) is 0 Å². The molecule has 1 aromatic rings. The van der Waals surface area contributed by atoms with Gasteiger partial charge in [0.15, 0.2) is 0 Å². The van der Waals surface area contributed by atoms with Crippen molar-refractivity contribution < 1.29 is 9.18 Å². The minimum Gasteiger partial charge on any atom is -0.338 e. The van der Waals surface area contributed by atoms with Crippen LogP contribution in [0.5, 0.6) is 0 Å². The maximum Gasteiger partial charge on any atom is 0.314 e. The molecule has 2 amide bonds. The van der Waals surface area contributed by atoms with Crippen LogP contribution in [0.2, 0.25) is 0 Å². The smallest absolute Gasteiger partial charge is 0.314 e. The third kappa shape index (κ3) is 6.76. The van der Waals surface area contributed by atoms with Crippen molar-refractivity contribution in [3.8, 4) is 0 Å². The molecule has 106 valence electrons. The maximum atomic E-state index is 13.3. The molecule has 0 aliphatic rings. The third-order valence-electron chi connectivity index (χ3n) is 2.71. The van der Waals surface area contributed by atoms with E-state index in [4.69, 9.17) is 0 Å². The molecule has 0 radical (unpaired) electrons. The van der Waals surface area contributed by atoms with Gasteiger partial charge in [-0.1, -0.05) is 18.2 Å². The number of nitrogens with zero attached hydrogens (tertiary/aromatic N) is 1. The van der Waals surface area contributed by atoms with Crippen molar-refractivity contribution in [1.29, 1.82) is 0 Å². The Morgan fingerprint density at radius 1 is 1.21 bits per heavy atom. The molecule has 1 rings (SSSR count). The van der Waals surface area contributed by atoms with Crippen LogP contribution in [-0.2, 0) is 6.42 Å². The molecule has 0 saturated heterocycles. The van der Waals surface area contributed by atoms with Crippen LogP contribution in [0.3, 0.4) is 0 Å². The highest BCUT2D eigenvalue weighted by atomic mass is 19.1. The van der Waals surface area contributed by atoms with E-state index in [0.29, 0.717) is 25.1 Å². The molecule has 0 aliphatic carbocycles. The Morgan fingerprint density at radius 3 is 2.58 bits per heavy atom. The predicted molar refractivity (Wildman–Crippen MR) is 74.7 cm³/mol. The zero-order valence-electron chi connectivity index (χ0n) is 11.6. The van der Waals surface area contributed by atoms with Crippen LogP contribution >= 0.6 is 0 Å². The minimum atomic E-state index is -0.226. The molecule has 19 heavy (non-hydrogen) atoms. The molecular formula is C14H22FN3O. The first-order valence-corrected chi connectivity index (χ1v) is 6.49. The molecule has 1 aromatic carbocycles. The SMILES string of the molecule is CN(C)CCCNC(=O)NCCc1ccccc1F. The quantitative estimate of drug-likeness (QED) is 0.737. The van der Waals surface area contributed by atoms with Gasteiger partial charge < -0.3 is 15.5 Å². The number of carbonyl (C=O) groups excluding carboxylic acids is 1.